The quantitative estimate of drug-likeness (QED) is 0.722. The number of hydrogen-bond acceptors (Lipinski definition) is 3. The van der Waals surface area contributed by atoms with E-state index in [4.69, 9.17) is 0 Å². The standard InChI is InChI=1S/C16H19NO2/c1-12-3-2-4-13(9-12)7-8-17-11-14-5-6-15(18)10-16(14)19/h2-6,9-10,17-19H,7-8,11H2,1H3. The maximum atomic E-state index is 9.64. The van der Waals surface area contributed by atoms with E-state index in [1.165, 1.54) is 17.2 Å². The Morgan fingerprint density at radius 2 is 1.89 bits per heavy atom. The highest BCUT2D eigenvalue weighted by Gasteiger charge is 2.01. The number of aromatic hydroxyl groups is 2. The van der Waals surface area contributed by atoms with Gasteiger partial charge in [0.1, 0.15) is 11.5 Å². The average Bonchev–Trinajstić information content (AvgIpc) is 2.37. The number of phenolic OH excluding ortho intramolecular Hbond substituents is 2. The first kappa shape index (κ1) is 13.4. The van der Waals surface area contributed by atoms with Gasteiger partial charge in [0.05, 0.1) is 0 Å². The van der Waals surface area contributed by atoms with Crippen LogP contribution in [0.15, 0.2) is 42.5 Å². The van der Waals surface area contributed by atoms with Gasteiger partial charge in [0.25, 0.3) is 0 Å². The molecule has 2 aromatic rings. The topological polar surface area (TPSA) is 52.5 Å². The molecule has 3 nitrogen and oxygen atoms in total. The predicted octanol–water partition coefficient (Wildman–Crippen LogP) is 2.74. The summed E-state index contributed by atoms with van der Waals surface area (Å²) in [6.45, 7) is 3.53. The summed E-state index contributed by atoms with van der Waals surface area (Å²) in [7, 11) is 0. The van der Waals surface area contributed by atoms with E-state index in [1.54, 1.807) is 12.1 Å². The Morgan fingerprint density at radius 1 is 1.05 bits per heavy atom. The van der Waals surface area contributed by atoms with Crippen LogP contribution in [0.25, 0.3) is 0 Å². The molecule has 0 radical (unpaired) electrons. The van der Waals surface area contributed by atoms with Crippen molar-refractivity contribution in [2.24, 2.45) is 0 Å². The lowest BCUT2D eigenvalue weighted by Crippen LogP contribution is -2.16. The number of nitrogens with one attached hydrogen (secondary N) is 1. The zero-order valence-corrected chi connectivity index (χ0v) is 11.1. The van der Waals surface area contributed by atoms with Gasteiger partial charge in [0, 0.05) is 18.2 Å². The summed E-state index contributed by atoms with van der Waals surface area (Å²) in [5, 5.41) is 22.1. The molecule has 19 heavy (non-hydrogen) atoms. The lowest BCUT2D eigenvalue weighted by molar-refractivity contribution is 0.444. The molecule has 3 heteroatoms. The first-order valence-corrected chi connectivity index (χ1v) is 6.42. The van der Waals surface area contributed by atoms with Crippen LogP contribution in [0.3, 0.4) is 0 Å². The molecule has 0 aliphatic heterocycles. The van der Waals surface area contributed by atoms with E-state index in [-0.39, 0.29) is 11.5 Å². The third kappa shape index (κ3) is 4.00. The molecule has 0 bridgehead atoms. The van der Waals surface area contributed by atoms with Gasteiger partial charge < -0.3 is 15.5 Å². The van der Waals surface area contributed by atoms with Crippen molar-refractivity contribution in [2.75, 3.05) is 6.54 Å². The van der Waals surface area contributed by atoms with Crippen LogP contribution in [0.2, 0.25) is 0 Å². The van der Waals surface area contributed by atoms with Gasteiger partial charge in [0.15, 0.2) is 0 Å². The Morgan fingerprint density at radius 3 is 2.63 bits per heavy atom. The van der Waals surface area contributed by atoms with Crippen molar-refractivity contribution in [2.45, 2.75) is 19.9 Å². The summed E-state index contributed by atoms with van der Waals surface area (Å²) in [5.41, 5.74) is 3.37. The van der Waals surface area contributed by atoms with Crippen LogP contribution in [-0.2, 0) is 13.0 Å². The molecule has 0 atom stereocenters. The van der Waals surface area contributed by atoms with E-state index >= 15 is 0 Å². The Bertz CT molecular complexity index is 552. The molecule has 0 spiro atoms. The number of rotatable bonds is 5. The smallest absolute Gasteiger partial charge is 0.123 e. The highest BCUT2D eigenvalue weighted by Crippen LogP contribution is 2.22. The van der Waals surface area contributed by atoms with Crippen molar-refractivity contribution < 1.29 is 10.2 Å². The van der Waals surface area contributed by atoms with Gasteiger partial charge in [-0.25, -0.2) is 0 Å². The molecule has 2 aromatic carbocycles. The largest absolute Gasteiger partial charge is 0.508 e. The van der Waals surface area contributed by atoms with Crippen LogP contribution in [0.1, 0.15) is 16.7 Å². The minimum Gasteiger partial charge on any atom is -0.508 e. The van der Waals surface area contributed by atoms with Crippen LogP contribution in [0.4, 0.5) is 0 Å². The van der Waals surface area contributed by atoms with Crippen LogP contribution >= 0.6 is 0 Å². The molecule has 0 unspecified atom stereocenters. The molecule has 0 heterocycles. The third-order valence-electron chi connectivity index (χ3n) is 3.06. The van der Waals surface area contributed by atoms with Crippen LogP contribution in [0.5, 0.6) is 11.5 Å². The van der Waals surface area contributed by atoms with E-state index in [2.05, 4.69) is 36.5 Å². The van der Waals surface area contributed by atoms with E-state index in [0.29, 0.717) is 6.54 Å². The molecule has 100 valence electrons. The van der Waals surface area contributed by atoms with Crippen molar-refractivity contribution in [3.63, 3.8) is 0 Å². The second-order valence-corrected chi connectivity index (χ2v) is 4.73. The van der Waals surface area contributed by atoms with E-state index in [0.717, 1.165) is 18.5 Å². The maximum Gasteiger partial charge on any atom is 0.123 e. The molecule has 0 aliphatic carbocycles. The Hall–Kier alpha value is -2.00. The number of phenols is 2. The fourth-order valence-corrected chi connectivity index (χ4v) is 2.03. The van der Waals surface area contributed by atoms with Crippen LogP contribution in [-0.4, -0.2) is 16.8 Å². The maximum absolute atomic E-state index is 9.64. The molecule has 0 fully saturated rings. The molecule has 3 N–H and O–H groups in total. The molecule has 2 rings (SSSR count). The molecule has 0 saturated carbocycles. The number of hydrogen-bond donors (Lipinski definition) is 3. The fourth-order valence-electron chi connectivity index (χ4n) is 2.03. The van der Waals surface area contributed by atoms with E-state index in [1.807, 2.05) is 0 Å². The summed E-state index contributed by atoms with van der Waals surface area (Å²) >= 11 is 0. The monoisotopic (exact) mass is 257 g/mol. The van der Waals surface area contributed by atoms with Gasteiger partial charge in [-0.3, -0.25) is 0 Å². The number of aryl methyl sites for hydroxylation is 1. The molecule has 0 aliphatic rings. The third-order valence-corrected chi connectivity index (χ3v) is 3.06. The highest BCUT2D eigenvalue weighted by atomic mass is 16.3. The minimum absolute atomic E-state index is 0.0843. The van der Waals surface area contributed by atoms with Crippen molar-refractivity contribution in [1.82, 2.24) is 5.32 Å². The van der Waals surface area contributed by atoms with Gasteiger partial charge >= 0.3 is 0 Å². The Kier molecular flexibility index (Phi) is 4.42. The second-order valence-electron chi connectivity index (χ2n) is 4.73. The number of benzene rings is 2. The summed E-state index contributed by atoms with van der Waals surface area (Å²) in [6.07, 6.45) is 0.959. The fraction of sp³-hybridized carbons (Fsp3) is 0.250. The summed E-state index contributed by atoms with van der Waals surface area (Å²) in [5.74, 6) is 0.212. The van der Waals surface area contributed by atoms with Crippen molar-refractivity contribution >= 4 is 0 Å². The summed E-state index contributed by atoms with van der Waals surface area (Å²) < 4.78 is 0. The second kappa shape index (κ2) is 6.25. The lowest BCUT2D eigenvalue weighted by atomic mass is 10.1. The molecular weight excluding hydrogens is 238 g/mol. The first-order valence-electron chi connectivity index (χ1n) is 6.42. The van der Waals surface area contributed by atoms with Gasteiger partial charge in [-0.15, -0.1) is 0 Å². The van der Waals surface area contributed by atoms with Crippen molar-refractivity contribution in [3.8, 4) is 11.5 Å². The first-order chi connectivity index (χ1) is 9.15. The zero-order valence-electron chi connectivity index (χ0n) is 11.1. The average molecular weight is 257 g/mol. The van der Waals surface area contributed by atoms with E-state index in [9.17, 15) is 10.2 Å². The SMILES string of the molecule is Cc1cccc(CCNCc2ccc(O)cc2O)c1. The zero-order chi connectivity index (χ0) is 13.7. The molecular formula is C16H19NO2. The van der Waals surface area contributed by atoms with Gasteiger partial charge in [-0.2, -0.15) is 0 Å². The molecule has 0 saturated heterocycles. The summed E-state index contributed by atoms with van der Waals surface area (Å²) in [6, 6.07) is 13.1. The van der Waals surface area contributed by atoms with Gasteiger partial charge in [-0.05, 0) is 31.5 Å². The lowest BCUT2D eigenvalue weighted by Gasteiger charge is -2.07. The van der Waals surface area contributed by atoms with Crippen molar-refractivity contribution in [3.05, 3.63) is 59.2 Å². The predicted molar refractivity (Wildman–Crippen MR) is 76.4 cm³/mol. The normalized spacial score (nSPS) is 10.6. The highest BCUT2D eigenvalue weighted by molar-refractivity contribution is 5.38. The summed E-state index contributed by atoms with van der Waals surface area (Å²) in [4.78, 5) is 0. The van der Waals surface area contributed by atoms with Gasteiger partial charge in [0.2, 0.25) is 0 Å². The van der Waals surface area contributed by atoms with Crippen LogP contribution in [0, 0.1) is 6.92 Å². The molecule has 0 aromatic heterocycles. The minimum atomic E-state index is 0.0843. The molecule has 0 amide bonds. The van der Waals surface area contributed by atoms with Crippen molar-refractivity contribution in [1.29, 1.82) is 0 Å². The Balaban J connectivity index is 1.81. The van der Waals surface area contributed by atoms with Gasteiger partial charge in [-0.1, -0.05) is 35.9 Å². The van der Waals surface area contributed by atoms with Crippen LogP contribution < -0.4 is 5.32 Å². The van der Waals surface area contributed by atoms with E-state index < -0.39 is 0 Å². The Labute approximate surface area is 113 Å².